The van der Waals surface area contributed by atoms with Crippen molar-refractivity contribution in [3.05, 3.63) is 95.4 Å². The van der Waals surface area contributed by atoms with Crippen molar-refractivity contribution in [2.24, 2.45) is 5.10 Å². The molecule has 7 nitrogen and oxygen atoms in total. The van der Waals surface area contributed by atoms with Crippen molar-refractivity contribution >= 4 is 46.0 Å². The molecule has 4 aromatic rings. The van der Waals surface area contributed by atoms with Gasteiger partial charge in [-0.25, -0.2) is 0 Å². The Labute approximate surface area is 197 Å². The van der Waals surface area contributed by atoms with E-state index in [1.54, 1.807) is 36.7 Å². The number of pyridine rings is 1. The van der Waals surface area contributed by atoms with E-state index in [9.17, 15) is 4.79 Å². The van der Waals surface area contributed by atoms with Gasteiger partial charge in [-0.1, -0.05) is 24.3 Å². The molecule has 4 rings (SSSR count). The smallest absolute Gasteiger partial charge is 0.251 e. The second-order valence-electron chi connectivity index (χ2n) is 7.44. The summed E-state index contributed by atoms with van der Waals surface area (Å²) in [6.07, 6.45) is 4.04. The summed E-state index contributed by atoms with van der Waals surface area (Å²) in [7, 11) is 0. The SMILES string of the molecule is Cc1[nH]c2ccccc2c1CCNC(=O)c1ccc(NC(=S)N/N=C/c2ccccn2)cc1. The average molecular weight is 457 g/mol. The monoisotopic (exact) mass is 456 g/mol. The summed E-state index contributed by atoms with van der Waals surface area (Å²) in [6.45, 7) is 2.62. The fraction of sp³-hybridized carbons (Fsp3) is 0.120. The Hall–Kier alpha value is -4.04. The fourth-order valence-corrected chi connectivity index (χ4v) is 3.70. The molecule has 0 aliphatic carbocycles. The Bertz CT molecular complexity index is 1280. The molecule has 0 bridgehead atoms. The number of benzene rings is 2. The molecule has 1 amide bonds. The lowest BCUT2D eigenvalue weighted by atomic mass is 10.1. The lowest BCUT2D eigenvalue weighted by Crippen LogP contribution is -2.26. The van der Waals surface area contributed by atoms with Crippen LogP contribution in [-0.2, 0) is 6.42 Å². The summed E-state index contributed by atoms with van der Waals surface area (Å²) in [5.74, 6) is -0.111. The van der Waals surface area contributed by atoms with Gasteiger partial charge in [-0.3, -0.25) is 15.2 Å². The third kappa shape index (κ3) is 5.81. The Balaban J connectivity index is 1.26. The minimum atomic E-state index is -0.111. The van der Waals surface area contributed by atoms with Crippen molar-refractivity contribution < 1.29 is 4.79 Å². The number of H-pyrrole nitrogens is 1. The first-order chi connectivity index (χ1) is 16.1. The average Bonchev–Trinajstić information content (AvgIpc) is 3.15. The molecule has 0 spiro atoms. The highest BCUT2D eigenvalue weighted by molar-refractivity contribution is 7.80. The quantitative estimate of drug-likeness (QED) is 0.190. The molecule has 8 heteroatoms. The normalized spacial score (nSPS) is 10.9. The zero-order valence-corrected chi connectivity index (χ0v) is 18.9. The minimum Gasteiger partial charge on any atom is -0.358 e. The number of carbonyl (C=O) groups is 1. The van der Waals surface area contributed by atoms with Crippen LogP contribution in [0.1, 0.15) is 27.3 Å². The molecule has 0 aliphatic heterocycles. The van der Waals surface area contributed by atoms with Crippen LogP contribution < -0.4 is 16.1 Å². The number of aryl methyl sites for hydroxylation is 1. The first-order valence-corrected chi connectivity index (χ1v) is 11.0. The van der Waals surface area contributed by atoms with Crippen LogP contribution in [0.5, 0.6) is 0 Å². The van der Waals surface area contributed by atoms with Crippen molar-refractivity contribution in [1.29, 1.82) is 0 Å². The molecule has 166 valence electrons. The number of hydrazone groups is 1. The lowest BCUT2D eigenvalue weighted by molar-refractivity contribution is 0.0954. The molecule has 4 N–H and O–H groups in total. The third-order valence-corrected chi connectivity index (χ3v) is 5.34. The van der Waals surface area contributed by atoms with E-state index < -0.39 is 0 Å². The highest BCUT2D eigenvalue weighted by Crippen LogP contribution is 2.22. The molecule has 2 aromatic heterocycles. The predicted molar refractivity (Wildman–Crippen MR) is 137 cm³/mol. The molecular weight excluding hydrogens is 432 g/mol. The van der Waals surface area contributed by atoms with Gasteiger partial charge in [-0.05, 0) is 73.6 Å². The van der Waals surface area contributed by atoms with E-state index in [4.69, 9.17) is 12.2 Å². The van der Waals surface area contributed by atoms with Crippen LogP contribution in [0.25, 0.3) is 10.9 Å². The van der Waals surface area contributed by atoms with Gasteiger partial charge in [0.15, 0.2) is 5.11 Å². The minimum absolute atomic E-state index is 0.111. The number of para-hydroxylation sites is 1. The molecule has 33 heavy (non-hydrogen) atoms. The van der Waals surface area contributed by atoms with E-state index in [2.05, 4.69) is 50.2 Å². The lowest BCUT2D eigenvalue weighted by Gasteiger charge is -2.09. The third-order valence-electron chi connectivity index (χ3n) is 5.14. The van der Waals surface area contributed by atoms with Crippen LogP contribution in [0.4, 0.5) is 5.69 Å². The van der Waals surface area contributed by atoms with E-state index in [1.807, 2.05) is 30.3 Å². The van der Waals surface area contributed by atoms with E-state index in [0.717, 1.165) is 29.0 Å². The summed E-state index contributed by atoms with van der Waals surface area (Å²) in [5, 5.41) is 11.6. The van der Waals surface area contributed by atoms with Crippen LogP contribution >= 0.6 is 12.2 Å². The Morgan fingerprint density at radius 2 is 1.88 bits per heavy atom. The first-order valence-electron chi connectivity index (χ1n) is 10.6. The maximum Gasteiger partial charge on any atom is 0.251 e. The number of thiocarbonyl (C=S) groups is 1. The Morgan fingerprint density at radius 3 is 2.67 bits per heavy atom. The van der Waals surface area contributed by atoms with Crippen LogP contribution in [-0.4, -0.2) is 33.7 Å². The second-order valence-corrected chi connectivity index (χ2v) is 7.84. The molecular formula is C25H24N6OS. The zero-order chi connectivity index (χ0) is 23.0. The predicted octanol–water partition coefficient (Wildman–Crippen LogP) is 4.16. The molecule has 0 atom stereocenters. The molecule has 0 aliphatic rings. The van der Waals surface area contributed by atoms with Gasteiger partial charge in [-0.2, -0.15) is 5.10 Å². The fourth-order valence-electron chi connectivity index (χ4n) is 3.53. The first kappa shape index (κ1) is 22.2. The van der Waals surface area contributed by atoms with Gasteiger partial charge in [0.1, 0.15) is 0 Å². The molecule has 0 unspecified atom stereocenters. The van der Waals surface area contributed by atoms with Crippen molar-refractivity contribution in [2.75, 3.05) is 11.9 Å². The van der Waals surface area contributed by atoms with E-state index in [-0.39, 0.29) is 5.91 Å². The molecule has 2 aromatic carbocycles. The maximum atomic E-state index is 12.5. The van der Waals surface area contributed by atoms with Gasteiger partial charge in [0.25, 0.3) is 5.91 Å². The summed E-state index contributed by atoms with van der Waals surface area (Å²) in [6, 6.07) is 20.9. The maximum absolute atomic E-state index is 12.5. The number of nitrogens with zero attached hydrogens (tertiary/aromatic N) is 2. The number of fused-ring (bicyclic) bond motifs is 1. The number of aromatic nitrogens is 2. The van der Waals surface area contributed by atoms with Gasteiger partial charge in [0.2, 0.25) is 0 Å². The molecule has 0 saturated heterocycles. The van der Waals surface area contributed by atoms with Crippen LogP contribution in [0.2, 0.25) is 0 Å². The van der Waals surface area contributed by atoms with Crippen LogP contribution in [0.3, 0.4) is 0 Å². The number of nitrogens with one attached hydrogen (secondary N) is 4. The molecule has 0 radical (unpaired) electrons. The van der Waals surface area contributed by atoms with Gasteiger partial charge in [-0.15, -0.1) is 0 Å². The van der Waals surface area contributed by atoms with Gasteiger partial charge >= 0.3 is 0 Å². The Morgan fingerprint density at radius 1 is 1.09 bits per heavy atom. The topological polar surface area (TPSA) is 94.2 Å². The highest BCUT2D eigenvalue weighted by atomic mass is 32.1. The van der Waals surface area contributed by atoms with E-state index >= 15 is 0 Å². The van der Waals surface area contributed by atoms with Crippen molar-refractivity contribution in [2.45, 2.75) is 13.3 Å². The van der Waals surface area contributed by atoms with Gasteiger partial charge < -0.3 is 15.6 Å². The standard InChI is InChI=1S/C25H24N6OS/c1-17-21(22-7-2-3-8-23(22)29-17)13-15-27-24(32)18-9-11-19(12-10-18)30-25(33)31-28-16-20-6-4-5-14-26-20/h2-12,14,16,29H,13,15H2,1H3,(H,27,32)(H2,30,31,33)/b28-16+. The summed E-state index contributed by atoms with van der Waals surface area (Å²) in [4.78, 5) is 20.1. The van der Waals surface area contributed by atoms with Crippen molar-refractivity contribution in [1.82, 2.24) is 20.7 Å². The number of hydrogen-bond acceptors (Lipinski definition) is 4. The molecule has 2 heterocycles. The Kier molecular flexibility index (Phi) is 7.06. The summed E-state index contributed by atoms with van der Waals surface area (Å²) >= 11 is 5.24. The zero-order valence-electron chi connectivity index (χ0n) is 18.1. The van der Waals surface area contributed by atoms with Crippen LogP contribution in [0, 0.1) is 6.92 Å². The van der Waals surface area contributed by atoms with Gasteiger partial charge in [0.05, 0.1) is 11.9 Å². The number of aromatic amines is 1. The molecule has 0 fully saturated rings. The number of hydrogen-bond donors (Lipinski definition) is 4. The summed E-state index contributed by atoms with van der Waals surface area (Å²) in [5.41, 5.74) is 8.30. The van der Waals surface area contributed by atoms with Crippen LogP contribution in [0.15, 0.2) is 78.0 Å². The van der Waals surface area contributed by atoms with Gasteiger partial charge in [0, 0.05) is 40.6 Å². The number of rotatable bonds is 7. The number of anilines is 1. The number of carbonyl (C=O) groups excluding carboxylic acids is 1. The second kappa shape index (κ2) is 10.5. The van der Waals surface area contributed by atoms with Crippen molar-refractivity contribution in [3.63, 3.8) is 0 Å². The largest absolute Gasteiger partial charge is 0.358 e. The highest BCUT2D eigenvalue weighted by Gasteiger charge is 2.09. The summed E-state index contributed by atoms with van der Waals surface area (Å²) < 4.78 is 0. The number of amides is 1. The van der Waals surface area contributed by atoms with E-state index in [1.165, 1.54) is 10.9 Å². The molecule has 0 saturated carbocycles. The van der Waals surface area contributed by atoms with E-state index in [0.29, 0.717) is 17.2 Å². The van der Waals surface area contributed by atoms with Crippen molar-refractivity contribution in [3.8, 4) is 0 Å².